The summed E-state index contributed by atoms with van der Waals surface area (Å²) in [7, 11) is 0. The summed E-state index contributed by atoms with van der Waals surface area (Å²) in [6.45, 7) is 7.18. The van der Waals surface area contributed by atoms with Gasteiger partial charge in [-0.3, -0.25) is 0 Å². The number of hydrogen-bond acceptors (Lipinski definition) is 3. The van der Waals surface area contributed by atoms with Crippen molar-refractivity contribution in [2.75, 3.05) is 19.7 Å². The van der Waals surface area contributed by atoms with E-state index in [1.165, 1.54) is 22.3 Å². The zero-order valence-electron chi connectivity index (χ0n) is 19.0. The molecule has 0 saturated heterocycles. The van der Waals surface area contributed by atoms with Crippen LogP contribution in [0.2, 0.25) is 0 Å². The molecule has 0 bridgehead atoms. The van der Waals surface area contributed by atoms with Crippen LogP contribution in [-0.4, -0.2) is 35.8 Å². The molecule has 1 unspecified atom stereocenters. The van der Waals surface area contributed by atoms with Crippen molar-refractivity contribution < 1.29 is 14.6 Å². The van der Waals surface area contributed by atoms with Gasteiger partial charge >= 0.3 is 6.09 Å². The molecule has 4 heteroatoms. The number of nitrogens with zero attached hydrogens (tertiary/aromatic N) is 1. The van der Waals surface area contributed by atoms with Gasteiger partial charge in [0.05, 0.1) is 12.6 Å². The van der Waals surface area contributed by atoms with E-state index in [-0.39, 0.29) is 24.5 Å². The van der Waals surface area contributed by atoms with E-state index in [1.54, 1.807) is 4.90 Å². The monoisotopic (exact) mass is 429 g/mol. The lowest BCUT2D eigenvalue weighted by Gasteiger charge is -2.31. The second-order valence-electron chi connectivity index (χ2n) is 9.67. The summed E-state index contributed by atoms with van der Waals surface area (Å²) in [5.74, 6) is 0.0156. The van der Waals surface area contributed by atoms with Gasteiger partial charge in [0.2, 0.25) is 0 Å². The molecule has 4 rings (SSSR count). The fourth-order valence-corrected chi connectivity index (χ4v) is 4.45. The summed E-state index contributed by atoms with van der Waals surface area (Å²) in [5, 5.41) is 10.7. The Kier molecular flexibility index (Phi) is 6.33. The van der Waals surface area contributed by atoms with E-state index in [9.17, 15) is 9.90 Å². The number of aliphatic hydroxyl groups excluding tert-OH is 1. The lowest BCUT2D eigenvalue weighted by Crippen LogP contribution is -2.41. The topological polar surface area (TPSA) is 49.8 Å². The van der Waals surface area contributed by atoms with Crippen LogP contribution >= 0.6 is 0 Å². The van der Waals surface area contributed by atoms with Crippen LogP contribution in [0.3, 0.4) is 0 Å². The molecule has 3 aromatic carbocycles. The van der Waals surface area contributed by atoms with Crippen LogP contribution in [0.15, 0.2) is 78.9 Å². The molecule has 0 heterocycles. The maximum Gasteiger partial charge on any atom is 0.409 e. The summed E-state index contributed by atoms with van der Waals surface area (Å²) in [6, 6.07) is 26.0. The SMILES string of the molecule is CC(C)(C)CN(CC(O)c1ccccc1)C(=O)OCC1c2ccccc2-c2ccccc21. The molecule has 1 aliphatic carbocycles. The van der Waals surface area contributed by atoms with Gasteiger partial charge in [-0.05, 0) is 33.2 Å². The molecular formula is C28H31NO3. The average molecular weight is 430 g/mol. The van der Waals surface area contributed by atoms with Crippen LogP contribution in [0.25, 0.3) is 11.1 Å². The molecule has 0 aliphatic heterocycles. The summed E-state index contributed by atoms with van der Waals surface area (Å²) >= 11 is 0. The maximum absolute atomic E-state index is 13.2. The Bertz CT molecular complexity index is 1030. The Morgan fingerprint density at radius 1 is 0.906 bits per heavy atom. The first-order valence-electron chi connectivity index (χ1n) is 11.2. The zero-order chi connectivity index (χ0) is 22.7. The molecular weight excluding hydrogens is 398 g/mol. The standard InChI is InChI=1S/C28H31NO3/c1-28(2,3)19-29(17-26(30)20-11-5-4-6-12-20)27(31)32-18-25-23-15-9-7-13-21(23)22-14-8-10-16-24(22)25/h4-16,25-26,30H,17-19H2,1-3H3. The van der Waals surface area contributed by atoms with Crippen molar-refractivity contribution in [2.45, 2.75) is 32.8 Å². The smallest absolute Gasteiger partial charge is 0.409 e. The van der Waals surface area contributed by atoms with Gasteiger partial charge in [-0.1, -0.05) is 99.6 Å². The minimum Gasteiger partial charge on any atom is -0.448 e. The number of carbonyl (C=O) groups excluding carboxylic acids is 1. The second-order valence-corrected chi connectivity index (χ2v) is 9.67. The van der Waals surface area contributed by atoms with Crippen molar-refractivity contribution in [1.82, 2.24) is 4.90 Å². The van der Waals surface area contributed by atoms with Crippen LogP contribution in [-0.2, 0) is 4.74 Å². The Morgan fingerprint density at radius 2 is 1.44 bits per heavy atom. The first-order chi connectivity index (χ1) is 15.3. The van der Waals surface area contributed by atoms with Gasteiger partial charge < -0.3 is 14.7 Å². The van der Waals surface area contributed by atoms with Crippen LogP contribution in [0.5, 0.6) is 0 Å². The fraction of sp³-hybridized carbons (Fsp3) is 0.321. The number of benzene rings is 3. The highest BCUT2D eigenvalue weighted by Crippen LogP contribution is 2.44. The normalized spacial score (nSPS) is 13.9. The van der Waals surface area contributed by atoms with Crippen molar-refractivity contribution >= 4 is 6.09 Å². The number of hydrogen-bond donors (Lipinski definition) is 1. The zero-order valence-corrected chi connectivity index (χ0v) is 19.0. The van der Waals surface area contributed by atoms with Gasteiger partial charge in [-0.2, -0.15) is 0 Å². The van der Waals surface area contributed by atoms with E-state index >= 15 is 0 Å². The van der Waals surface area contributed by atoms with Crippen LogP contribution in [0.4, 0.5) is 4.79 Å². The molecule has 4 nitrogen and oxygen atoms in total. The molecule has 1 aliphatic rings. The molecule has 1 atom stereocenters. The number of ether oxygens (including phenoxy) is 1. The Hall–Kier alpha value is -3.11. The van der Waals surface area contributed by atoms with Crippen molar-refractivity contribution in [3.05, 3.63) is 95.6 Å². The lowest BCUT2D eigenvalue weighted by atomic mass is 9.96. The van der Waals surface area contributed by atoms with Gasteiger partial charge in [0.15, 0.2) is 0 Å². The van der Waals surface area contributed by atoms with E-state index < -0.39 is 12.2 Å². The van der Waals surface area contributed by atoms with Gasteiger partial charge in [-0.15, -0.1) is 0 Å². The number of rotatable bonds is 6. The Labute approximate surface area is 190 Å². The summed E-state index contributed by atoms with van der Waals surface area (Å²) < 4.78 is 5.86. The van der Waals surface area contributed by atoms with Crippen molar-refractivity contribution in [3.63, 3.8) is 0 Å². The highest BCUT2D eigenvalue weighted by molar-refractivity contribution is 5.79. The molecule has 166 valence electrons. The molecule has 0 spiro atoms. The molecule has 1 amide bonds. The predicted octanol–water partition coefficient (Wildman–Crippen LogP) is 6.02. The maximum atomic E-state index is 13.2. The molecule has 3 aromatic rings. The number of carbonyl (C=O) groups is 1. The fourth-order valence-electron chi connectivity index (χ4n) is 4.45. The second kappa shape index (κ2) is 9.17. The highest BCUT2D eigenvalue weighted by Gasteiger charge is 2.31. The largest absolute Gasteiger partial charge is 0.448 e. The molecule has 0 radical (unpaired) electrons. The quantitative estimate of drug-likeness (QED) is 0.521. The molecule has 0 aromatic heterocycles. The van der Waals surface area contributed by atoms with Crippen molar-refractivity contribution in [2.24, 2.45) is 5.41 Å². The summed E-state index contributed by atoms with van der Waals surface area (Å²) in [6.07, 6.45) is -1.16. The molecule has 0 saturated carbocycles. The van der Waals surface area contributed by atoms with E-state index in [0.717, 1.165) is 5.56 Å². The first kappa shape index (κ1) is 22.1. The molecule has 1 N–H and O–H groups in total. The Morgan fingerprint density at radius 3 is 2.00 bits per heavy atom. The number of amides is 1. The van der Waals surface area contributed by atoms with Crippen molar-refractivity contribution in [3.8, 4) is 11.1 Å². The first-order valence-corrected chi connectivity index (χ1v) is 11.2. The van der Waals surface area contributed by atoms with E-state index in [2.05, 4.69) is 45.0 Å². The molecule has 32 heavy (non-hydrogen) atoms. The highest BCUT2D eigenvalue weighted by atomic mass is 16.6. The summed E-state index contributed by atoms with van der Waals surface area (Å²) in [4.78, 5) is 14.8. The van der Waals surface area contributed by atoms with Gasteiger partial charge in [-0.25, -0.2) is 4.79 Å². The van der Waals surface area contributed by atoms with Crippen LogP contribution < -0.4 is 0 Å². The number of aliphatic hydroxyl groups is 1. The van der Waals surface area contributed by atoms with E-state index in [1.807, 2.05) is 54.6 Å². The van der Waals surface area contributed by atoms with Gasteiger partial charge in [0, 0.05) is 12.5 Å². The lowest BCUT2D eigenvalue weighted by molar-refractivity contribution is 0.0580. The summed E-state index contributed by atoms with van der Waals surface area (Å²) in [5.41, 5.74) is 5.45. The minimum atomic E-state index is -0.765. The average Bonchev–Trinajstić information content (AvgIpc) is 3.10. The van der Waals surface area contributed by atoms with Gasteiger partial charge in [0.25, 0.3) is 0 Å². The van der Waals surface area contributed by atoms with Crippen molar-refractivity contribution in [1.29, 1.82) is 0 Å². The minimum absolute atomic E-state index is 0.0156. The third-order valence-corrected chi connectivity index (χ3v) is 5.84. The number of fused-ring (bicyclic) bond motifs is 3. The van der Waals surface area contributed by atoms with E-state index in [0.29, 0.717) is 6.54 Å². The van der Waals surface area contributed by atoms with E-state index in [4.69, 9.17) is 4.74 Å². The van der Waals surface area contributed by atoms with Crippen LogP contribution in [0, 0.1) is 5.41 Å². The van der Waals surface area contributed by atoms with Crippen LogP contribution in [0.1, 0.15) is 49.5 Å². The third-order valence-electron chi connectivity index (χ3n) is 5.84. The third kappa shape index (κ3) is 4.86. The van der Waals surface area contributed by atoms with Gasteiger partial charge in [0.1, 0.15) is 6.61 Å². The Balaban J connectivity index is 1.50. The predicted molar refractivity (Wildman–Crippen MR) is 127 cm³/mol. The molecule has 0 fully saturated rings.